The summed E-state index contributed by atoms with van der Waals surface area (Å²) in [5, 5.41) is 0. The van der Waals surface area contributed by atoms with E-state index < -0.39 is 0 Å². The summed E-state index contributed by atoms with van der Waals surface area (Å²) in [7, 11) is 0. The summed E-state index contributed by atoms with van der Waals surface area (Å²) in [4.78, 5) is 57.1. The molecule has 6 heteroatoms. The van der Waals surface area contributed by atoms with E-state index in [1.807, 2.05) is 38.1 Å². The van der Waals surface area contributed by atoms with Crippen molar-refractivity contribution in [1.82, 2.24) is 9.80 Å². The first-order chi connectivity index (χ1) is 19.0. The molecular formula is C34H36N2O4. The molecule has 4 amide bonds. The predicted octanol–water partition coefficient (Wildman–Crippen LogP) is 4.97. The van der Waals surface area contributed by atoms with Crippen molar-refractivity contribution >= 4 is 23.6 Å². The van der Waals surface area contributed by atoms with Crippen molar-refractivity contribution in [3.8, 4) is 0 Å². The lowest BCUT2D eigenvalue weighted by molar-refractivity contribution is -0.143. The lowest BCUT2D eigenvalue weighted by Crippen LogP contribution is -2.36. The molecule has 4 bridgehead atoms. The average Bonchev–Trinajstić information content (AvgIpc) is 3.70. The highest BCUT2D eigenvalue weighted by Crippen LogP contribution is 2.63. The molecule has 1 aromatic rings. The number of rotatable bonds is 8. The molecule has 0 aromatic heterocycles. The number of carbonyl (C=O) groups is 4. The van der Waals surface area contributed by atoms with Gasteiger partial charge >= 0.3 is 0 Å². The monoisotopic (exact) mass is 536 g/mol. The van der Waals surface area contributed by atoms with Gasteiger partial charge in [-0.1, -0.05) is 59.7 Å². The molecule has 6 nitrogen and oxygen atoms in total. The molecule has 7 rings (SSSR count). The molecule has 6 aliphatic rings. The molecule has 2 aliphatic heterocycles. The number of fused-ring (bicyclic) bond motifs is 10. The Morgan fingerprint density at radius 3 is 1.57 bits per heavy atom. The zero-order valence-corrected chi connectivity index (χ0v) is 23.3. The number of likely N-dealkylation sites (tertiary alicyclic amines) is 2. The van der Waals surface area contributed by atoms with Crippen LogP contribution in [-0.4, -0.2) is 33.4 Å². The Kier molecular flexibility index (Phi) is 5.39. The van der Waals surface area contributed by atoms with E-state index >= 15 is 0 Å². The number of amides is 4. The molecule has 4 fully saturated rings. The van der Waals surface area contributed by atoms with Crippen LogP contribution < -0.4 is 0 Å². The van der Waals surface area contributed by atoms with Gasteiger partial charge in [0.15, 0.2) is 0 Å². The summed E-state index contributed by atoms with van der Waals surface area (Å²) < 4.78 is 0. The largest absolute Gasteiger partial charge is 0.278 e. The standard InChI is InChI=1S/C34H36N2O4/c1-19(2)13-33-10-8-23(15-33)25-27(33)31(39)35(29(25)37)17-21-6-5-7-22(12-21)18-36-30(38)26-24-9-11-34(16-24,14-20(3)4)28(26)32(36)40/h5-12,23-28H,1,3,13-18H2,2,4H3. The highest BCUT2D eigenvalue weighted by atomic mass is 16.2. The Morgan fingerprint density at radius 1 is 0.750 bits per heavy atom. The molecular weight excluding hydrogens is 500 g/mol. The van der Waals surface area contributed by atoms with Crippen LogP contribution in [0.15, 0.2) is 72.9 Å². The number of carbonyl (C=O) groups excluding carboxylic acids is 4. The van der Waals surface area contributed by atoms with Crippen LogP contribution in [0.4, 0.5) is 0 Å². The van der Waals surface area contributed by atoms with Crippen molar-refractivity contribution in [1.29, 1.82) is 0 Å². The van der Waals surface area contributed by atoms with Gasteiger partial charge in [0.1, 0.15) is 0 Å². The number of hydrogen-bond donors (Lipinski definition) is 0. The second-order valence-corrected chi connectivity index (χ2v) is 13.5. The minimum absolute atomic E-state index is 0.0816. The summed E-state index contributed by atoms with van der Waals surface area (Å²) in [5.74, 6) is -1.31. The fraction of sp³-hybridized carbons (Fsp3) is 0.471. The van der Waals surface area contributed by atoms with E-state index in [1.54, 1.807) is 0 Å². The number of benzene rings is 1. The third-order valence-electron chi connectivity index (χ3n) is 10.6. The fourth-order valence-electron chi connectivity index (χ4n) is 9.42. The van der Waals surface area contributed by atoms with Gasteiger partial charge in [0.25, 0.3) is 0 Å². The van der Waals surface area contributed by atoms with Gasteiger partial charge in [-0.3, -0.25) is 29.0 Å². The molecule has 4 aliphatic carbocycles. The number of allylic oxidation sites excluding steroid dienone is 6. The van der Waals surface area contributed by atoms with E-state index in [-0.39, 0.29) is 83.1 Å². The maximum atomic E-state index is 13.6. The zero-order chi connectivity index (χ0) is 28.1. The van der Waals surface area contributed by atoms with Crippen LogP contribution in [0.2, 0.25) is 0 Å². The first-order valence-corrected chi connectivity index (χ1v) is 14.5. The van der Waals surface area contributed by atoms with Crippen LogP contribution in [0.5, 0.6) is 0 Å². The number of imide groups is 2. The Labute approximate surface area is 235 Å². The van der Waals surface area contributed by atoms with E-state index in [4.69, 9.17) is 0 Å². The average molecular weight is 537 g/mol. The fourth-order valence-corrected chi connectivity index (χ4v) is 9.42. The van der Waals surface area contributed by atoms with Crippen molar-refractivity contribution in [2.45, 2.75) is 52.6 Å². The zero-order valence-electron chi connectivity index (χ0n) is 23.3. The molecule has 8 unspecified atom stereocenters. The lowest BCUT2D eigenvalue weighted by atomic mass is 9.71. The van der Waals surface area contributed by atoms with E-state index in [9.17, 15) is 19.2 Å². The minimum atomic E-state index is -0.315. The van der Waals surface area contributed by atoms with E-state index in [0.717, 1.165) is 48.0 Å². The Hall–Kier alpha value is -3.54. The van der Waals surface area contributed by atoms with Gasteiger partial charge in [0, 0.05) is 10.8 Å². The van der Waals surface area contributed by atoms with Crippen LogP contribution in [0.3, 0.4) is 0 Å². The van der Waals surface area contributed by atoms with Gasteiger partial charge < -0.3 is 0 Å². The highest BCUT2D eigenvalue weighted by molar-refractivity contribution is 6.07. The maximum Gasteiger partial charge on any atom is 0.234 e. The Morgan fingerprint density at radius 2 is 1.18 bits per heavy atom. The van der Waals surface area contributed by atoms with E-state index in [2.05, 4.69) is 37.5 Å². The molecule has 40 heavy (non-hydrogen) atoms. The summed E-state index contributed by atoms with van der Waals surface area (Å²) in [6, 6.07) is 7.62. The summed E-state index contributed by atoms with van der Waals surface area (Å²) >= 11 is 0. The van der Waals surface area contributed by atoms with Gasteiger partial charge in [-0.25, -0.2) is 0 Å². The van der Waals surface area contributed by atoms with Crippen molar-refractivity contribution < 1.29 is 19.2 Å². The Balaban J connectivity index is 1.09. The van der Waals surface area contributed by atoms with Gasteiger partial charge in [-0.2, -0.15) is 0 Å². The molecule has 1 aromatic carbocycles. The van der Waals surface area contributed by atoms with Crippen molar-refractivity contribution in [2.75, 3.05) is 0 Å². The molecule has 206 valence electrons. The quantitative estimate of drug-likeness (QED) is 0.347. The lowest BCUT2D eigenvalue weighted by Gasteiger charge is -2.31. The van der Waals surface area contributed by atoms with Crippen molar-refractivity contribution in [2.24, 2.45) is 46.3 Å². The summed E-state index contributed by atoms with van der Waals surface area (Å²) in [6.45, 7) is 12.5. The first kappa shape index (κ1) is 25.4. The van der Waals surface area contributed by atoms with Crippen LogP contribution in [0, 0.1) is 46.3 Å². The number of hydrogen-bond acceptors (Lipinski definition) is 4. The molecule has 8 atom stereocenters. The van der Waals surface area contributed by atoms with Gasteiger partial charge in [0.05, 0.1) is 36.8 Å². The molecule has 2 saturated heterocycles. The van der Waals surface area contributed by atoms with Crippen LogP contribution >= 0.6 is 0 Å². The van der Waals surface area contributed by atoms with Gasteiger partial charge in [-0.15, -0.1) is 13.2 Å². The van der Waals surface area contributed by atoms with E-state index in [1.165, 1.54) is 9.80 Å². The maximum absolute atomic E-state index is 13.6. The normalized spacial score (nSPS) is 38.2. The highest BCUT2D eigenvalue weighted by Gasteiger charge is 2.66. The molecule has 0 N–H and O–H groups in total. The smallest absolute Gasteiger partial charge is 0.234 e. The number of nitrogens with zero attached hydrogens (tertiary/aromatic N) is 2. The third-order valence-corrected chi connectivity index (χ3v) is 10.6. The molecule has 2 saturated carbocycles. The van der Waals surface area contributed by atoms with Crippen LogP contribution in [0.1, 0.15) is 50.7 Å². The van der Waals surface area contributed by atoms with Gasteiger partial charge in [0.2, 0.25) is 23.6 Å². The molecule has 2 heterocycles. The molecule has 0 radical (unpaired) electrons. The Bertz CT molecular complexity index is 1360. The second-order valence-electron chi connectivity index (χ2n) is 13.5. The van der Waals surface area contributed by atoms with E-state index in [0.29, 0.717) is 0 Å². The minimum Gasteiger partial charge on any atom is -0.278 e. The van der Waals surface area contributed by atoms with Gasteiger partial charge in [-0.05, 0) is 62.5 Å². The third kappa shape index (κ3) is 3.40. The second kappa shape index (κ2) is 8.48. The first-order valence-electron chi connectivity index (χ1n) is 14.5. The van der Waals surface area contributed by atoms with Crippen LogP contribution in [0.25, 0.3) is 0 Å². The predicted molar refractivity (Wildman–Crippen MR) is 150 cm³/mol. The molecule has 0 spiro atoms. The van der Waals surface area contributed by atoms with Crippen molar-refractivity contribution in [3.63, 3.8) is 0 Å². The topological polar surface area (TPSA) is 74.8 Å². The summed E-state index contributed by atoms with van der Waals surface area (Å²) in [6.07, 6.45) is 11.7. The van der Waals surface area contributed by atoms with Crippen molar-refractivity contribution in [3.05, 3.63) is 84.0 Å². The van der Waals surface area contributed by atoms with Crippen LogP contribution in [-0.2, 0) is 32.3 Å². The SMILES string of the molecule is C=C(C)CC12C=CC(C1)C1C(=O)N(Cc3cccc(CN4C(=O)C5C6C=CC(CC(=C)C)(C6)C5C4=O)c3)C(=O)C12. The summed E-state index contributed by atoms with van der Waals surface area (Å²) in [5.41, 5.74) is 3.12.